The van der Waals surface area contributed by atoms with E-state index in [2.05, 4.69) is 36.4 Å². The lowest BCUT2D eigenvalue weighted by Gasteiger charge is -2.18. The maximum atomic E-state index is 12.2. The van der Waals surface area contributed by atoms with Crippen molar-refractivity contribution < 1.29 is 28.7 Å². The Balaban J connectivity index is 1.29. The second-order valence-corrected chi connectivity index (χ2v) is 9.86. The molecule has 4 bridgehead atoms. The molecule has 0 amide bonds. The maximum absolute atomic E-state index is 12.2. The van der Waals surface area contributed by atoms with Crippen LogP contribution in [0.1, 0.15) is 63.7 Å². The van der Waals surface area contributed by atoms with Gasteiger partial charge in [0.2, 0.25) is 0 Å². The van der Waals surface area contributed by atoms with E-state index < -0.39 is 23.9 Å². The molecule has 4 aromatic carbocycles. The molecule has 0 atom stereocenters. The van der Waals surface area contributed by atoms with Crippen LogP contribution >= 0.6 is 0 Å². The van der Waals surface area contributed by atoms with Gasteiger partial charge >= 0.3 is 23.9 Å². The fourth-order valence-corrected chi connectivity index (χ4v) is 5.60. The predicted octanol–water partition coefficient (Wildman–Crippen LogP) is 5.53. The molecule has 0 saturated carbocycles. The molecule has 4 aliphatic carbocycles. The summed E-state index contributed by atoms with van der Waals surface area (Å²) < 4.78 is 9.57. The molecule has 4 aromatic rings. The van der Waals surface area contributed by atoms with Crippen LogP contribution in [0.3, 0.4) is 0 Å². The number of fused-ring (bicyclic) bond motifs is 2. The van der Waals surface area contributed by atoms with Gasteiger partial charge in [-0.1, -0.05) is 48.5 Å². The Morgan fingerprint density at radius 1 is 0.395 bits per heavy atom. The van der Waals surface area contributed by atoms with Gasteiger partial charge in [0, 0.05) is 0 Å². The van der Waals surface area contributed by atoms with Crippen molar-refractivity contribution in [2.45, 2.75) is 25.7 Å². The van der Waals surface area contributed by atoms with E-state index in [1.54, 1.807) is 24.3 Å². The zero-order valence-electron chi connectivity index (χ0n) is 20.2. The zero-order valence-corrected chi connectivity index (χ0v) is 20.2. The first-order chi connectivity index (χ1) is 18.4. The first-order valence-electron chi connectivity index (χ1n) is 12.5. The number of ether oxygens (including phenoxy) is 2. The van der Waals surface area contributed by atoms with Crippen LogP contribution in [-0.4, -0.2) is 23.9 Å². The number of cyclic esters (lactones) is 4. The van der Waals surface area contributed by atoms with Crippen molar-refractivity contribution in [2.24, 2.45) is 0 Å². The molecule has 0 spiro atoms. The number of hydrogen-bond donors (Lipinski definition) is 0. The van der Waals surface area contributed by atoms with E-state index in [4.69, 9.17) is 9.47 Å². The molecule has 10 rings (SSSR count). The van der Waals surface area contributed by atoms with E-state index in [0.717, 1.165) is 59.1 Å². The fourth-order valence-electron chi connectivity index (χ4n) is 5.60. The monoisotopic (exact) mass is 500 g/mol. The third-order valence-electron chi connectivity index (χ3n) is 7.63. The lowest BCUT2D eigenvalue weighted by atomic mass is 9.86. The Morgan fingerprint density at radius 3 is 1.26 bits per heavy atom. The molecule has 6 aliphatic rings. The SMILES string of the molecule is O=C1OC(=O)c2cc(-c3cc4ccc3CCc3ccc(cc3-c3ccc5c(c3)C(=O)OC5=O)CC4)ccc21. The second kappa shape index (κ2) is 8.35. The molecule has 0 fully saturated rings. The van der Waals surface area contributed by atoms with Crippen molar-refractivity contribution in [3.63, 3.8) is 0 Å². The van der Waals surface area contributed by atoms with Crippen molar-refractivity contribution in [3.05, 3.63) is 117 Å². The number of carbonyl (C=O) groups excluding carboxylic acids is 4. The first-order valence-corrected chi connectivity index (χ1v) is 12.5. The van der Waals surface area contributed by atoms with E-state index >= 15 is 0 Å². The van der Waals surface area contributed by atoms with E-state index in [0.29, 0.717) is 22.3 Å². The Morgan fingerprint density at radius 2 is 0.816 bits per heavy atom. The summed E-state index contributed by atoms with van der Waals surface area (Å²) in [4.78, 5) is 48.2. The Hall–Kier alpha value is -4.84. The van der Waals surface area contributed by atoms with Gasteiger partial charge in [-0.05, 0) is 94.5 Å². The molecule has 184 valence electrons. The van der Waals surface area contributed by atoms with Crippen LogP contribution in [0.2, 0.25) is 0 Å². The Kier molecular flexibility index (Phi) is 4.91. The maximum Gasteiger partial charge on any atom is 0.346 e. The number of aryl methyl sites for hydroxylation is 4. The summed E-state index contributed by atoms with van der Waals surface area (Å²) in [7, 11) is 0. The van der Waals surface area contributed by atoms with Gasteiger partial charge in [-0.15, -0.1) is 0 Å². The quantitative estimate of drug-likeness (QED) is 0.266. The number of hydrogen-bond acceptors (Lipinski definition) is 6. The minimum atomic E-state index is -0.608. The average Bonchev–Trinajstić information content (AvgIpc) is 3.37. The Bertz CT molecular complexity index is 1620. The highest BCUT2D eigenvalue weighted by Crippen LogP contribution is 2.34. The van der Waals surface area contributed by atoms with Gasteiger partial charge < -0.3 is 9.47 Å². The number of esters is 4. The minimum absolute atomic E-state index is 0.301. The lowest BCUT2D eigenvalue weighted by Crippen LogP contribution is -2.03. The number of rotatable bonds is 2. The molecule has 6 nitrogen and oxygen atoms in total. The Labute approximate surface area is 217 Å². The lowest BCUT2D eigenvalue weighted by molar-refractivity contribution is 0.0425. The predicted molar refractivity (Wildman–Crippen MR) is 138 cm³/mol. The third kappa shape index (κ3) is 3.57. The summed E-state index contributed by atoms with van der Waals surface area (Å²) in [5, 5.41) is 0. The van der Waals surface area contributed by atoms with Gasteiger partial charge in [-0.2, -0.15) is 0 Å². The zero-order chi connectivity index (χ0) is 26.0. The van der Waals surface area contributed by atoms with E-state index in [9.17, 15) is 19.2 Å². The molecule has 0 aromatic heterocycles. The van der Waals surface area contributed by atoms with E-state index in [1.807, 2.05) is 12.1 Å². The smallest absolute Gasteiger partial charge is 0.346 e. The minimum Gasteiger partial charge on any atom is -0.386 e. The highest BCUT2D eigenvalue weighted by molar-refractivity contribution is 6.16. The van der Waals surface area contributed by atoms with Crippen molar-refractivity contribution in [2.75, 3.05) is 0 Å². The molecule has 0 N–H and O–H groups in total. The summed E-state index contributed by atoms with van der Waals surface area (Å²) in [6.07, 6.45) is 3.13. The van der Waals surface area contributed by atoms with E-state index in [1.165, 1.54) is 11.1 Å². The molecule has 38 heavy (non-hydrogen) atoms. The molecule has 0 radical (unpaired) electrons. The van der Waals surface area contributed by atoms with Crippen LogP contribution in [0.15, 0.2) is 72.8 Å². The van der Waals surface area contributed by atoms with Crippen LogP contribution in [0.4, 0.5) is 0 Å². The largest absolute Gasteiger partial charge is 0.386 e. The van der Waals surface area contributed by atoms with E-state index in [-0.39, 0.29) is 0 Å². The topological polar surface area (TPSA) is 86.7 Å². The third-order valence-corrected chi connectivity index (χ3v) is 7.63. The van der Waals surface area contributed by atoms with Crippen molar-refractivity contribution in [1.29, 1.82) is 0 Å². The highest BCUT2D eigenvalue weighted by atomic mass is 16.6. The van der Waals surface area contributed by atoms with Crippen molar-refractivity contribution in [3.8, 4) is 22.3 Å². The van der Waals surface area contributed by atoms with Crippen LogP contribution in [0, 0.1) is 0 Å². The highest BCUT2D eigenvalue weighted by Gasteiger charge is 2.31. The molecular weight excluding hydrogens is 480 g/mol. The normalized spacial score (nSPS) is 15.6. The van der Waals surface area contributed by atoms with Gasteiger partial charge in [0.25, 0.3) is 0 Å². The van der Waals surface area contributed by atoms with Crippen LogP contribution in [0.5, 0.6) is 0 Å². The number of carbonyl (C=O) groups is 4. The molecule has 2 heterocycles. The van der Waals surface area contributed by atoms with Crippen LogP contribution in [0.25, 0.3) is 22.3 Å². The van der Waals surface area contributed by atoms with Gasteiger partial charge in [-0.25, -0.2) is 19.2 Å². The summed E-state index contributed by atoms with van der Waals surface area (Å²) in [5.74, 6) is -2.43. The average molecular weight is 501 g/mol. The number of benzene rings is 4. The standard InChI is InChI=1S/C32H20O6/c33-29-23-11-9-21(15-27(23)31(35)37-29)25-13-17-1-2-18-4-6-20(8-7-19(25)5-3-17)26(14-18)22-10-12-24-28(16-22)32(36)38-30(24)34/h3-6,9-16H,1-2,7-8H2. The molecule has 2 aliphatic heterocycles. The van der Waals surface area contributed by atoms with Gasteiger partial charge in [0.15, 0.2) is 0 Å². The molecule has 0 unspecified atom stereocenters. The molecule has 6 heteroatoms. The van der Waals surface area contributed by atoms with Crippen LogP contribution < -0.4 is 0 Å². The van der Waals surface area contributed by atoms with Gasteiger partial charge in [0.05, 0.1) is 22.3 Å². The fraction of sp³-hybridized carbons (Fsp3) is 0.125. The van der Waals surface area contributed by atoms with Gasteiger partial charge in [-0.3, -0.25) is 0 Å². The summed E-state index contributed by atoms with van der Waals surface area (Å²) in [5.41, 5.74) is 9.63. The molecular formula is C32H20O6. The van der Waals surface area contributed by atoms with Crippen molar-refractivity contribution >= 4 is 23.9 Å². The summed E-state index contributed by atoms with van der Waals surface area (Å²) in [6.45, 7) is 0. The second-order valence-electron chi connectivity index (χ2n) is 9.86. The van der Waals surface area contributed by atoms with Crippen LogP contribution in [-0.2, 0) is 35.2 Å². The summed E-state index contributed by atoms with van der Waals surface area (Å²) in [6, 6.07) is 23.5. The summed E-state index contributed by atoms with van der Waals surface area (Å²) >= 11 is 0. The first kappa shape index (κ1) is 22.4. The van der Waals surface area contributed by atoms with Crippen molar-refractivity contribution in [1.82, 2.24) is 0 Å². The van der Waals surface area contributed by atoms with Gasteiger partial charge in [0.1, 0.15) is 0 Å². The molecule has 0 saturated heterocycles.